The molecule has 132 valence electrons. The fraction of sp³-hybridized carbons (Fsp3) is 0.105. The number of benzene rings is 2. The largest absolute Gasteiger partial charge is 0.281 e. The van der Waals surface area contributed by atoms with Crippen LogP contribution >= 0.6 is 58.4 Å². The Morgan fingerprint density at radius 3 is 1.42 bits per heavy atom. The lowest BCUT2D eigenvalue weighted by Gasteiger charge is -2.03. The molecule has 0 aliphatic carbocycles. The second kappa shape index (κ2) is 8.63. The number of aryl methyl sites for hydroxylation is 2. The van der Waals surface area contributed by atoms with Crippen LogP contribution in [0.2, 0.25) is 0 Å². The van der Waals surface area contributed by atoms with Crippen LogP contribution in [0.1, 0.15) is 31.8 Å². The smallest absolute Gasteiger partial charge is 0.224 e. The summed E-state index contributed by atoms with van der Waals surface area (Å²) in [6.07, 6.45) is 0. The molecule has 1 heterocycles. The van der Waals surface area contributed by atoms with Crippen molar-refractivity contribution in [2.75, 3.05) is 0 Å². The van der Waals surface area contributed by atoms with E-state index in [1.54, 1.807) is 0 Å². The van der Waals surface area contributed by atoms with Crippen molar-refractivity contribution in [2.45, 2.75) is 22.3 Å². The minimum absolute atomic E-state index is 0.0429. The molecule has 0 atom stereocenters. The number of carbonyl (C=O) groups excluding carboxylic acids is 2. The summed E-state index contributed by atoms with van der Waals surface area (Å²) in [7, 11) is 0. The van der Waals surface area contributed by atoms with Crippen molar-refractivity contribution in [3.8, 4) is 0 Å². The van der Waals surface area contributed by atoms with Gasteiger partial charge >= 0.3 is 0 Å². The van der Waals surface area contributed by atoms with Gasteiger partial charge in [0.25, 0.3) is 0 Å². The van der Waals surface area contributed by atoms with Crippen molar-refractivity contribution in [1.82, 2.24) is 0 Å². The van der Waals surface area contributed by atoms with E-state index in [4.69, 9.17) is 12.2 Å². The van der Waals surface area contributed by atoms with Gasteiger partial charge in [-0.2, -0.15) is 0 Å². The van der Waals surface area contributed by atoms with Crippen molar-refractivity contribution in [2.24, 2.45) is 0 Å². The third kappa shape index (κ3) is 4.92. The second-order valence-electron chi connectivity index (χ2n) is 5.54. The molecule has 0 radical (unpaired) electrons. The Morgan fingerprint density at radius 2 is 1.08 bits per heavy atom. The highest BCUT2D eigenvalue weighted by molar-refractivity contribution is 8.18. The molecule has 0 spiro atoms. The molecule has 0 saturated heterocycles. The van der Waals surface area contributed by atoms with Gasteiger partial charge in [0.15, 0.2) is 0 Å². The summed E-state index contributed by atoms with van der Waals surface area (Å²) in [6.45, 7) is 3.97. The van der Waals surface area contributed by atoms with E-state index in [0.29, 0.717) is 14.3 Å². The third-order valence-electron chi connectivity index (χ3n) is 3.46. The highest BCUT2D eigenvalue weighted by Gasteiger charge is 2.18. The number of rotatable bonds is 4. The van der Waals surface area contributed by atoms with Crippen molar-refractivity contribution in [3.63, 3.8) is 0 Å². The summed E-state index contributed by atoms with van der Waals surface area (Å²) in [5.41, 5.74) is 3.51. The quantitative estimate of drug-likeness (QED) is 0.325. The zero-order valence-corrected chi connectivity index (χ0v) is 18.1. The Balaban J connectivity index is 1.78. The third-order valence-corrected chi connectivity index (χ3v) is 8.71. The molecule has 3 aromatic rings. The Hall–Kier alpha value is -1.25. The summed E-state index contributed by atoms with van der Waals surface area (Å²) >= 11 is 10.3. The highest BCUT2D eigenvalue weighted by atomic mass is 32.2. The normalized spacial score (nSPS) is 10.7. The van der Waals surface area contributed by atoms with Crippen LogP contribution in [0.25, 0.3) is 0 Å². The molecule has 7 heteroatoms. The molecule has 26 heavy (non-hydrogen) atoms. The molecule has 0 fully saturated rings. The molecule has 2 aromatic carbocycles. The number of hydrogen-bond acceptors (Lipinski definition) is 7. The summed E-state index contributed by atoms with van der Waals surface area (Å²) in [5, 5.41) is -0.0858. The topological polar surface area (TPSA) is 34.1 Å². The van der Waals surface area contributed by atoms with Gasteiger partial charge in [0, 0.05) is 11.1 Å². The maximum Gasteiger partial charge on any atom is 0.224 e. The first kappa shape index (κ1) is 19.5. The van der Waals surface area contributed by atoms with Gasteiger partial charge in [-0.15, -0.1) is 22.7 Å². The van der Waals surface area contributed by atoms with Crippen LogP contribution in [0, 0.1) is 17.0 Å². The lowest BCUT2D eigenvalue weighted by molar-refractivity contribution is 0.108. The van der Waals surface area contributed by atoms with Crippen molar-refractivity contribution < 1.29 is 9.59 Å². The van der Waals surface area contributed by atoms with Crippen LogP contribution in [0.3, 0.4) is 0 Å². The monoisotopic (exact) mass is 434 g/mol. The Bertz CT molecular complexity index is 918. The molecular formula is C19H14O2S5. The Morgan fingerprint density at radius 1 is 0.731 bits per heavy atom. The van der Waals surface area contributed by atoms with Gasteiger partial charge in [-0.05, 0) is 37.4 Å². The van der Waals surface area contributed by atoms with Crippen molar-refractivity contribution >= 4 is 68.6 Å². The van der Waals surface area contributed by atoms with Gasteiger partial charge in [0.05, 0.1) is 8.42 Å². The first-order valence-electron chi connectivity index (χ1n) is 7.64. The molecule has 2 nitrogen and oxygen atoms in total. The molecule has 0 aliphatic rings. The van der Waals surface area contributed by atoms with Gasteiger partial charge in [-0.3, -0.25) is 9.59 Å². The van der Waals surface area contributed by atoms with E-state index in [0.717, 1.165) is 43.1 Å². The van der Waals surface area contributed by atoms with E-state index in [2.05, 4.69) is 0 Å². The Labute approximate surface area is 173 Å². The maximum atomic E-state index is 12.5. The van der Waals surface area contributed by atoms with Crippen LogP contribution in [0.5, 0.6) is 0 Å². The lowest BCUT2D eigenvalue weighted by atomic mass is 10.2. The molecule has 0 amide bonds. The fourth-order valence-corrected chi connectivity index (χ4v) is 7.61. The first-order valence-corrected chi connectivity index (χ1v) is 11.3. The minimum atomic E-state index is -0.0429. The van der Waals surface area contributed by atoms with Gasteiger partial charge in [0.1, 0.15) is 3.14 Å². The SMILES string of the molecule is Cc1ccc(C(=O)Sc2sc(=S)sc2SC(=O)c2ccc(C)cc2)cc1. The maximum absolute atomic E-state index is 12.5. The number of hydrogen-bond donors (Lipinski definition) is 0. The average Bonchev–Trinajstić information content (AvgIpc) is 2.95. The summed E-state index contributed by atoms with van der Waals surface area (Å²) in [5.74, 6) is 0. The van der Waals surface area contributed by atoms with Crippen molar-refractivity contribution in [3.05, 3.63) is 73.9 Å². The standard InChI is InChI=1S/C19H14O2S5/c1-11-3-7-13(8-4-11)15(20)23-17-18(26-19(22)25-17)24-16(21)14-9-5-12(2)6-10-14/h3-10H,1-2H3. The predicted molar refractivity (Wildman–Crippen MR) is 116 cm³/mol. The molecule has 0 N–H and O–H groups in total. The van der Waals surface area contributed by atoms with E-state index in [-0.39, 0.29) is 10.2 Å². The minimum Gasteiger partial charge on any atom is -0.281 e. The van der Waals surface area contributed by atoms with Crippen LogP contribution in [0.15, 0.2) is 56.9 Å². The molecule has 0 saturated carbocycles. The number of carbonyl (C=O) groups is 2. The van der Waals surface area contributed by atoms with Gasteiger partial charge in [0.2, 0.25) is 10.2 Å². The van der Waals surface area contributed by atoms with E-state index < -0.39 is 0 Å². The van der Waals surface area contributed by atoms with Gasteiger partial charge < -0.3 is 0 Å². The molecule has 0 bridgehead atoms. The second-order valence-corrected chi connectivity index (χ2v) is 11.2. The zero-order chi connectivity index (χ0) is 18.7. The van der Waals surface area contributed by atoms with Crippen LogP contribution < -0.4 is 0 Å². The fourth-order valence-electron chi connectivity index (χ4n) is 2.05. The van der Waals surface area contributed by atoms with E-state index in [9.17, 15) is 9.59 Å². The average molecular weight is 435 g/mol. The highest BCUT2D eigenvalue weighted by Crippen LogP contribution is 2.42. The van der Waals surface area contributed by atoms with Gasteiger partial charge in [-0.25, -0.2) is 0 Å². The Kier molecular flexibility index (Phi) is 6.47. The van der Waals surface area contributed by atoms with Crippen LogP contribution in [0.4, 0.5) is 0 Å². The van der Waals surface area contributed by atoms with Crippen LogP contribution in [-0.2, 0) is 0 Å². The molecular weight excluding hydrogens is 421 g/mol. The molecule has 3 rings (SSSR count). The first-order chi connectivity index (χ1) is 12.4. The van der Waals surface area contributed by atoms with E-state index in [1.807, 2.05) is 62.4 Å². The summed E-state index contributed by atoms with van der Waals surface area (Å²) in [6, 6.07) is 14.9. The molecule has 0 unspecified atom stereocenters. The summed E-state index contributed by atoms with van der Waals surface area (Å²) in [4.78, 5) is 25.1. The zero-order valence-electron chi connectivity index (χ0n) is 14.0. The lowest BCUT2D eigenvalue weighted by Crippen LogP contribution is -1.94. The predicted octanol–water partition coefficient (Wildman–Crippen LogP) is 7.02. The van der Waals surface area contributed by atoms with Crippen molar-refractivity contribution in [1.29, 1.82) is 0 Å². The number of thioether (sulfide) groups is 2. The van der Waals surface area contributed by atoms with Gasteiger partial charge in [-0.1, -0.05) is 71.9 Å². The molecule has 1 aromatic heterocycles. The van der Waals surface area contributed by atoms with E-state index >= 15 is 0 Å². The summed E-state index contributed by atoms with van der Waals surface area (Å²) < 4.78 is 2.29. The van der Waals surface area contributed by atoms with E-state index in [1.165, 1.54) is 22.7 Å². The molecule has 0 aliphatic heterocycles. The van der Waals surface area contributed by atoms with Crippen LogP contribution in [-0.4, -0.2) is 10.2 Å².